The first-order valence-electron chi connectivity index (χ1n) is 4.73. The number of hydrogen-bond acceptors (Lipinski definition) is 5. The summed E-state index contributed by atoms with van der Waals surface area (Å²) < 4.78 is 0. The van der Waals surface area contributed by atoms with Crippen LogP contribution in [-0.2, 0) is 0 Å². The Bertz CT molecular complexity index is 420. The normalized spacial score (nSPS) is 15.1. The van der Waals surface area contributed by atoms with Gasteiger partial charge in [-0.2, -0.15) is 0 Å². The number of benzene rings is 1. The molecule has 16 heavy (non-hydrogen) atoms. The van der Waals surface area contributed by atoms with E-state index in [9.17, 15) is 0 Å². The van der Waals surface area contributed by atoms with Gasteiger partial charge in [0, 0.05) is 18.3 Å². The van der Waals surface area contributed by atoms with Crippen molar-refractivity contribution in [3.8, 4) is 0 Å². The molecule has 1 aliphatic rings. The van der Waals surface area contributed by atoms with Crippen molar-refractivity contribution in [1.29, 1.82) is 0 Å². The number of aliphatic imine (C=N–C) groups is 1. The molecule has 0 bridgehead atoms. The Hall–Kier alpha value is -2.28. The van der Waals surface area contributed by atoms with Crippen LogP contribution < -0.4 is 27.5 Å². The SMILES string of the molecule is CN=C(N)Nc1ccc(C2=NNNN2)cc1. The summed E-state index contributed by atoms with van der Waals surface area (Å²) in [6.45, 7) is 0. The van der Waals surface area contributed by atoms with E-state index in [1.165, 1.54) is 0 Å². The Labute approximate surface area is 92.8 Å². The number of guanidine groups is 1. The summed E-state index contributed by atoms with van der Waals surface area (Å²) in [6.07, 6.45) is 0. The number of rotatable bonds is 2. The molecule has 1 heterocycles. The third-order valence-electron chi connectivity index (χ3n) is 2.08. The first-order chi connectivity index (χ1) is 7.79. The van der Waals surface area contributed by atoms with Crippen LogP contribution >= 0.6 is 0 Å². The fraction of sp³-hybridized carbons (Fsp3) is 0.111. The maximum absolute atomic E-state index is 5.55. The van der Waals surface area contributed by atoms with Gasteiger partial charge in [-0.25, -0.2) is 5.53 Å². The fourth-order valence-electron chi connectivity index (χ4n) is 1.25. The highest BCUT2D eigenvalue weighted by molar-refractivity contribution is 5.99. The maximum Gasteiger partial charge on any atom is 0.192 e. The van der Waals surface area contributed by atoms with Gasteiger partial charge in [-0.3, -0.25) is 10.4 Å². The minimum atomic E-state index is 0.382. The summed E-state index contributed by atoms with van der Waals surface area (Å²) >= 11 is 0. The standard InChI is InChI=1S/C9H13N7/c1-11-9(10)12-7-4-2-6(3-5-7)8-13-15-16-14-8/h2-5,15-16H,1H3,(H,13,14)(H3,10,11,12). The first-order valence-corrected chi connectivity index (χ1v) is 4.73. The van der Waals surface area contributed by atoms with E-state index in [-0.39, 0.29) is 0 Å². The molecule has 1 aliphatic heterocycles. The van der Waals surface area contributed by atoms with Gasteiger partial charge in [0.25, 0.3) is 0 Å². The number of anilines is 1. The zero-order valence-electron chi connectivity index (χ0n) is 8.78. The number of nitrogens with zero attached hydrogens (tertiary/aromatic N) is 2. The average Bonchev–Trinajstić information content (AvgIpc) is 2.83. The molecule has 7 nitrogen and oxygen atoms in total. The van der Waals surface area contributed by atoms with E-state index in [0.29, 0.717) is 5.96 Å². The van der Waals surface area contributed by atoms with E-state index in [1.54, 1.807) is 7.05 Å². The molecule has 0 atom stereocenters. The molecule has 0 saturated heterocycles. The number of nitrogens with two attached hydrogens (primary N) is 1. The van der Waals surface area contributed by atoms with Crippen LogP contribution in [-0.4, -0.2) is 18.8 Å². The maximum atomic E-state index is 5.55. The van der Waals surface area contributed by atoms with Gasteiger partial charge in [0.1, 0.15) is 0 Å². The van der Waals surface area contributed by atoms with Crippen LogP contribution in [0.3, 0.4) is 0 Å². The van der Waals surface area contributed by atoms with Crippen LogP contribution in [0, 0.1) is 0 Å². The zero-order chi connectivity index (χ0) is 11.4. The first kappa shape index (κ1) is 10.2. The van der Waals surface area contributed by atoms with Crippen molar-refractivity contribution >= 4 is 17.5 Å². The lowest BCUT2D eigenvalue weighted by molar-refractivity contribution is 0.577. The van der Waals surface area contributed by atoms with Crippen molar-refractivity contribution in [1.82, 2.24) is 16.5 Å². The van der Waals surface area contributed by atoms with Gasteiger partial charge < -0.3 is 11.1 Å². The smallest absolute Gasteiger partial charge is 0.192 e. The predicted molar refractivity (Wildman–Crippen MR) is 63.6 cm³/mol. The Balaban J connectivity index is 2.10. The van der Waals surface area contributed by atoms with E-state index in [1.807, 2.05) is 24.3 Å². The fourth-order valence-corrected chi connectivity index (χ4v) is 1.25. The molecule has 0 radical (unpaired) electrons. The summed E-state index contributed by atoms with van der Waals surface area (Å²) in [7, 11) is 1.63. The monoisotopic (exact) mass is 219 g/mol. The van der Waals surface area contributed by atoms with Crippen molar-refractivity contribution < 1.29 is 0 Å². The van der Waals surface area contributed by atoms with E-state index in [2.05, 4.69) is 31.9 Å². The highest BCUT2D eigenvalue weighted by atomic mass is 15.8. The molecule has 1 aromatic carbocycles. The van der Waals surface area contributed by atoms with Crippen molar-refractivity contribution in [2.24, 2.45) is 15.8 Å². The lowest BCUT2D eigenvalue weighted by Crippen LogP contribution is -2.35. The second kappa shape index (κ2) is 4.49. The largest absolute Gasteiger partial charge is 0.370 e. The Morgan fingerprint density at radius 3 is 2.69 bits per heavy atom. The van der Waals surface area contributed by atoms with E-state index >= 15 is 0 Å². The van der Waals surface area contributed by atoms with Gasteiger partial charge in [0.05, 0.1) is 0 Å². The third kappa shape index (κ3) is 2.20. The highest BCUT2D eigenvalue weighted by Gasteiger charge is 2.06. The molecular formula is C9H13N7. The number of hydrazone groups is 1. The average molecular weight is 219 g/mol. The molecule has 7 heteroatoms. The molecule has 0 saturated carbocycles. The minimum absolute atomic E-state index is 0.382. The Kier molecular flexibility index (Phi) is 2.88. The number of hydrogen-bond donors (Lipinski definition) is 5. The van der Waals surface area contributed by atoms with Crippen molar-refractivity contribution in [2.75, 3.05) is 12.4 Å². The lowest BCUT2D eigenvalue weighted by atomic mass is 10.2. The van der Waals surface area contributed by atoms with Crippen LogP contribution in [0.15, 0.2) is 34.4 Å². The summed E-state index contributed by atoms with van der Waals surface area (Å²) in [6, 6.07) is 7.64. The summed E-state index contributed by atoms with van der Waals surface area (Å²) in [5, 5.41) is 6.93. The van der Waals surface area contributed by atoms with E-state index < -0.39 is 0 Å². The predicted octanol–water partition coefficient (Wildman–Crippen LogP) is -0.683. The van der Waals surface area contributed by atoms with Crippen molar-refractivity contribution in [3.05, 3.63) is 29.8 Å². The van der Waals surface area contributed by atoms with E-state index in [4.69, 9.17) is 5.73 Å². The minimum Gasteiger partial charge on any atom is -0.370 e. The second-order valence-corrected chi connectivity index (χ2v) is 3.13. The summed E-state index contributed by atoms with van der Waals surface area (Å²) in [5.41, 5.74) is 15.5. The summed E-state index contributed by atoms with van der Waals surface area (Å²) in [5.74, 6) is 1.12. The summed E-state index contributed by atoms with van der Waals surface area (Å²) in [4.78, 5) is 3.81. The van der Waals surface area contributed by atoms with Crippen molar-refractivity contribution in [2.45, 2.75) is 0 Å². The van der Waals surface area contributed by atoms with Gasteiger partial charge in [0.15, 0.2) is 11.8 Å². The van der Waals surface area contributed by atoms with Gasteiger partial charge >= 0.3 is 0 Å². The third-order valence-corrected chi connectivity index (χ3v) is 2.08. The molecule has 0 amide bonds. The Morgan fingerprint density at radius 1 is 1.38 bits per heavy atom. The Morgan fingerprint density at radius 2 is 2.12 bits per heavy atom. The van der Waals surface area contributed by atoms with Gasteiger partial charge in [-0.1, -0.05) is 0 Å². The molecule has 2 rings (SSSR count). The molecule has 84 valence electrons. The van der Waals surface area contributed by atoms with Crippen molar-refractivity contribution in [3.63, 3.8) is 0 Å². The van der Waals surface area contributed by atoms with Crippen LogP contribution in [0.1, 0.15) is 5.56 Å². The van der Waals surface area contributed by atoms with Gasteiger partial charge in [0.2, 0.25) is 0 Å². The van der Waals surface area contributed by atoms with Crippen LogP contribution in [0.25, 0.3) is 0 Å². The number of hydrazine groups is 2. The van der Waals surface area contributed by atoms with E-state index in [0.717, 1.165) is 17.1 Å². The molecule has 0 fully saturated rings. The van der Waals surface area contributed by atoms with Crippen LogP contribution in [0.4, 0.5) is 5.69 Å². The lowest BCUT2D eigenvalue weighted by Gasteiger charge is -2.05. The number of amidine groups is 1. The molecule has 0 aliphatic carbocycles. The molecule has 6 N–H and O–H groups in total. The zero-order valence-corrected chi connectivity index (χ0v) is 8.78. The van der Waals surface area contributed by atoms with Crippen LogP contribution in [0.2, 0.25) is 0 Å². The highest BCUT2D eigenvalue weighted by Crippen LogP contribution is 2.09. The number of nitrogens with one attached hydrogen (secondary N) is 4. The topological polar surface area (TPSA) is 98.9 Å². The van der Waals surface area contributed by atoms with Gasteiger partial charge in [-0.15, -0.1) is 10.6 Å². The quantitative estimate of drug-likeness (QED) is 0.335. The van der Waals surface area contributed by atoms with Gasteiger partial charge in [-0.05, 0) is 24.3 Å². The molecule has 0 aromatic heterocycles. The second-order valence-electron chi connectivity index (χ2n) is 3.13. The molecule has 0 spiro atoms. The van der Waals surface area contributed by atoms with Crippen LogP contribution in [0.5, 0.6) is 0 Å². The molecule has 0 unspecified atom stereocenters. The molecule has 1 aromatic rings. The molecular weight excluding hydrogens is 206 g/mol.